The van der Waals surface area contributed by atoms with Gasteiger partial charge in [-0.3, -0.25) is 4.98 Å². The van der Waals surface area contributed by atoms with E-state index in [2.05, 4.69) is 23.3 Å². The number of pyridine rings is 1. The van der Waals surface area contributed by atoms with Gasteiger partial charge in [0.2, 0.25) is 0 Å². The Morgan fingerprint density at radius 3 is 3.05 bits per heavy atom. The smallest absolute Gasteiger partial charge is 0.127 e. The lowest BCUT2D eigenvalue weighted by molar-refractivity contribution is 0.352. The Morgan fingerprint density at radius 2 is 2.19 bits per heavy atom. The normalized spacial score (nSPS) is 13.0. The van der Waals surface area contributed by atoms with Gasteiger partial charge in [-0.2, -0.15) is 0 Å². The van der Waals surface area contributed by atoms with Crippen molar-refractivity contribution in [3.63, 3.8) is 0 Å². The molecule has 0 aliphatic carbocycles. The van der Waals surface area contributed by atoms with Gasteiger partial charge in [0.15, 0.2) is 0 Å². The average molecular weight is 303 g/mol. The third kappa shape index (κ3) is 3.20. The fraction of sp³-hybridized carbons (Fsp3) is 0.353. The summed E-state index contributed by atoms with van der Waals surface area (Å²) in [6.45, 7) is 4.40. The van der Waals surface area contributed by atoms with Crippen LogP contribution < -0.4 is 10.1 Å². The van der Waals surface area contributed by atoms with Crippen molar-refractivity contribution in [2.24, 2.45) is 0 Å². The lowest BCUT2D eigenvalue weighted by atomic mass is 10.1. The summed E-state index contributed by atoms with van der Waals surface area (Å²) < 4.78 is 5.72. The van der Waals surface area contributed by atoms with Gasteiger partial charge in [-0.25, -0.2) is 0 Å². The fourth-order valence-corrected chi connectivity index (χ4v) is 3.01. The number of nitrogens with one attached hydrogen (secondary N) is 1. The molecular formula is C17H19ClN2O. The summed E-state index contributed by atoms with van der Waals surface area (Å²) in [5, 5.41) is 4.23. The number of fused-ring (bicyclic) bond motifs is 1. The number of ether oxygens (including phenoxy) is 1. The van der Waals surface area contributed by atoms with Crippen molar-refractivity contribution >= 4 is 11.6 Å². The van der Waals surface area contributed by atoms with Crippen LogP contribution in [0.5, 0.6) is 5.75 Å². The molecule has 3 nitrogen and oxygen atoms in total. The first-order valence-corrected chi connectivity index (χ1v) is 7.73. The second kappa shape index (κ2) is 6.46. The van der Waals surface area contributed by atoms with Crippen LogP contribution >= 0.6 is 11.6 Å². The number of hydrogen-bond acceptors (Lipinski definition) is 3. The molecule has 0 unspecified atom stereocenters. The highest BCUT2D eigenvalue weighted by molar-refractivity contribution is 6.30. The van der Waals surface area contributed by atoms with E-state index in [1.165, 1.54) is 11.1 Å². The van der Waals surface area contributed by atoms with E-state index < -0.39 is 0 Å². The SMILES string of the molecule is CCc1cccnc1CNCc1cc(Cl)cc2c1OCC2. The molecule has 0 amide bonds. The van der Waals surface area contributed by atoms with Crippen LogP contribution in [0.2, 0.25) is 5.02 Å². The molecule has 1 N–H and O–H groups in total. The van der Waals surface area contributed by atoms with E-state index in [0.29, 0.717) is 0 Å². The first-order valence-electron chi connectivity index (χ1n) is 7.35. The molecule has 0 saturated heterocycles. The maximum atomic E-state index is 6.18. The molecule has 0 fully saturated rings. The fourth-order valence-electron chi connectivity index (χ4n) is 2.75. The van der Waals surface area contributed by atoms with Gasteiger partial charge in [0.25, 0.3) is 0 Å². The van der Waals surface area contributed by atoms with Crippen LogP contribution in [0, 0.1) is 0 Å². The topological polar surface area (TPSA) is 34.2 Å². The summed E-state index contributed by atoms with van der Waals surface area (Å²) in [5.74, 6) is 1.00. The third-order valence-corrected chi connectivity index (χ3v) is 4.02. The van der Waals surface area contributed by atoms with Crippen molar-refractivity contribution in [2.45, 2.75) is 32.9 Å². The number of benzene rings is 1. The minimum Gasteiger partial charge on any atom is -0.493 e. The minimum absolute atomic E-state index is 0.739. The molecule has 0 radical (unpaired) electrons. The van der Waals surface area contributed by atoms with E-state index in [1.54, 1.807) is 0 Å². The lowest BCUT2D eigenvalue weighted by Crippen LogP contribution is -2.15. The van der Waals surface area contributed by atoms with Crippen LogP contribution in [-0.4, -0.2) is 11.6 Å². The Bertz CT molecular complexity index is 643. The van der Waals surface area contributed by atoms with Gasteiger partial charge in [0.05, 0.1) is 12.3 Å². The molecule has 2 heterocycles. The molecule has 0 atom stereocenters. The van der Waals surface area contributed by atoms with Gasteiger partial charge < -0.3 is 10.1 Å². The van der Waals surface area contributed by atoms with E-state index in [9.17, 15) is 0 Å². The highest BCUT2D eigenvalue weighted by Crippen LogP contribution is 2.32. The number of halogens is 1. The molecule has 110 valence electrons. The number of hydrogen-bond donors (Lipinski definition) is 1. The number of aryl methyl sites for hydroxylation is 1. The minimum atomic E-state index is 0.739. The quantitative estimate of drug-likeness (QED) is 0.917. The van der Waals surface area contributed by atoms with Crippen molar-refractivity contribution in [3.8, 4) is 5.75 Å². The highest BCUT2D eigenvalue weighted by atomic mass is 35.5. The van der Waals surface area contributed by atoms with Gasteiger partial charge in [-0.1, -0.05) is 24.6 Å². The zero-order valence-electron chi connectivity index (χ0n) is 12.2. The molecule has 1 aliphatic rings. The summed E-state index contributed by atoms with van der Waals surface area (Å²) in [6.07, 6.45) is 3.79. The van der Waals surface area contributed by atoms with Crippen LogP contribution in [0.25, 0.3) is 0 Å². The largest absolute Gasteiger partial charge is 0.493 e. The maximum absolute atomic E-state index is 6.18. The molecule has 4 heteroatoms. The van der Waals surface area contributed by atoms with Crippen molar-refractivity contribution in [3.05, 3.63) is 57.9 Å². The van der Waals surface area contributed by atoms with Crippen molar-refractivity contribution < 1.29 is 4.74 Å². The summed E-state index contributed by atoms with van der Waals surface area (Å²) in [5.41, 5.74) is 4.74. The Morgan fingerprint density at radius 1 is 1.29 bits per heavy atom. The van der Waals surface area contributed by atoms with E-state index in [-0.39, 0.29) is 0 Å². The van der Waals surface area contributed by atoms with Crippen molar-refractivity contribution in [1.82, 2.24) is 10.3 Å². The number of nitrogens with zero attached hydrogens (tertiary/aromatic N) is 1. The van der Waals surface area contributed by atoms with Gasteiger partial charge in [-0.15, -0.1) is 0 Å². The molecule has 3 rings (SSSR count). The van der Waals surface area contributed by atoms with Crippen LogP contribution in [0.15, 0.2) is 30.5 Å². The van der Waals surface area contributed by atoms with E-state index in [1.807, 2.05) is 24.4 Å². The second-order valence-electron chi connectivity index (χ2n) is 5.22. The average Bonchev–Trinajstić information content (AvgIpc) is 2.96. The first-order chi connectivity index (χ1) is 10.3. The summed E-state index contributed by atoms with van der Waals surface area (Å²) in [6, 6.07) is 8.10. The Hall–Kier alpha value is -1.58. The zero-order valence-corrected chi connectivity index (χ0v) is 12.9. The molecule has 1 aromatic carbocycles. The Balaban J connectivity index is 1.69. The van der Waals surface area contributed by atoms with Gasteiger partial charge in [0, 0.05) is 36.3 Å². The van der Waals surface area contributed by atoms with E-state index in [0.717, 1.165) is 54.6 Å². The van der Waals surface area contributed by atoms with E-state index in [4.69, 9.17) is 16.3 Å². The molecule has 21 heavy (non-hydrogen) atoms. The lowest BCUT2D eigenvalue weighted by Gasteiger charge is -2.11. The predicted molar refractivity (Wildman–Crippen MR) is 84.8 cm³/mol. The number of aromatic nitrogens is 1. The molecule has 0 bridgehead atoms. The highest BCUT2D eigenvalue weighted by Gasteiger charge is 2.17. The standard InChI is InChI=1S/C17H19ClN2O/c1-2-12-4-3-6-20-16(12)11-19-10-14-9-15(18)8-13-5-7-21-17(13)14/h3-4,6,8-9,19H,2,5,7,10-11H2,1H3. The Kier molecular flexibility index (Phi) is 4.42. The van der Waals surface area contributed by atoms with Crippen molar-refractivity contribution in [2.75, 3.05) is 6.61 Å². The first kappa shape index (κ1) is 14.4. The van der Waals surface area contributed by atoms with Crippen LogP contribution in [0.1, 0.15) is 29.3 Å². The summed E-state index contributed by atoms with van der Waals surface area (Å²) in [4.78, 5) is 4.45. The van der Waals surface area contributed by atoms with Crippen LogP contribution in [-0.2, 0) is 25.9 Å². The molecule has 0 spiro atoms. The van der Waals surface area contributed by atoms with Crippen LogP contribution in [0.3, 0.4) is 0 Å². The monoisotopic (exact) mass is 302 g/mol. The predicted octanol–water partition coefficient (Wildman–Crippen LogP) is 3.52. The van der Waals surface area contributed by atoms with Gasteiger partial charge in [0.1, 0.15) is 5.75 Å². The van der Waals surface area contributed by atoms with Gasteiger partial charge >= 0.3 is 0 Å². The number of rotatable bonds is 5. The van der Waals surface area contributed by atoms with Crippen molar-refractivity contribution in [1.29, 1.82) is 0 Å². The summed E-state index contributed by atoms with van der Waals surface area (Å²) in [7, 11) is 0. The Labute approximate surface area is 130 Å². The van der Waals surface area contributed by atoms with E-state index >= 15 is 0 Å². The molecule has 1 aliphatic heterocycles. The maximum Gasteiger partial charge on any atom is 0.127 e. The van der Waals surface area contributed by atoms with Gasteiger partial charge in [-0.05, 0) is 35.7 Å². The molecule has 0 saturated carbocycles. The van der Waals surface area contributed by atoms with Crippen LogP contribution in [0.4, 0.5) is 0 Å². The molecule has 1 aromatic heterocycles. The zero-order chi connectivity index (χ0) is 14.7. The second-order valence-corrected chi connectivity index (χ2v) is 5.65. The third-order valence-electron chi connectivity index (χ3n) is 3.80. The molecular weight excluding hydrogens is 284 g/mol. The summed E-state index contributed by atoms with van der Waals surface area (Å²) >= 11 is 6.18. The molecule has 2 aromatic rings.